The minimum atomic E-state index is -0.284. The largest absolute Gasteiger partial charge is 0.462 e. The van der Waals surface area contributed by atoms with Crippen LogP contribution in [0.3, 0.4) is 0 Å². The van der Waals surface area contributed by atoms with Crippen molar-refractivity contribution in [3.8, 4) is 12.3 Å². The SMILES string of the molecule is C#CCCN1CCN(c2ncnc3sc(C(=O)OCC)c(C)c23)CC1. The Hall–Kier alpha value is -2.17. The highest BCUT2D eigenvalue weighted by Gasteiger charge is 2.24. The molecule has 132 valence electrons. The number of esters is 1. The van der Waals surface area contributed by atoms with Crippen molar-refractivity contribution in [2.45, 2.75) is 20.3 Å². The van der Waals surface area contributed by atoms with Gasteiger partial charge in [-0.1, -0.05) is 0 Å². The van der Waals surface area contributed by atoms with Crippen LogP contribution in [0.4, 0.5) is 5.82 Å². The molecule has 2 aromatic rings. The standard InChI is InChI=1S/C18H22N4O2S/c1-4-6-7-21-8-10-22(11-9-21)16-14-13(3)15(18(23)24-5-2)25-17(14)20-12-19-16/h1,12H,5-11H2,2-3H3. The van der Waals surface area contributed by atoms with Crippen molar-refractivity contribution >= 4 is 33.3 Å². The third-order valence-electron chi connectivity index (χ3n) is 4.41. The molecule has 0 atom stereocenters. The number of fused-ring (bicyclic) bond motifs is 1. The molecule has 1 aliphatic rings. The molecule has 25 heavy (non-hydrogen) atoms. The highest BCUT2D eigenvalue weighted by molar-refractivity contribution is 7.20. The van der Waals surface area contributed by atoms with E-state index in [0.717, 1.165) is 60.7 Å². The maximum Gasteiger partial charge on any atom is 0.348 e. The van der Waals surface area contributed by atoms with Gasteiger partial charge in [0.2, 0.25) is 0 Å². The topological polar surface area (TPSA) is 58.6 Å². The van der Waals surface area contributed by atoms with Crippen molar-refractivity contribution in [1.82, 2.24) is 14.9 Å². The summed E-state index contributed by atoms with van der Waals surface area (Å²) in [7, 11) is 0. The van der Waals surface area contributed by atoms with Crippen LogP contribution in [0.5, 0.6) is 0 Å². The fourth-order valence-corrected chi connectivity index (χ4v) is 4.13. The summed E-state index contributed by atoms with van der Waals surface area (Å²) in [6.45, 7) is 8.76. The summed E-state index contributed by atoms with van der Waals surface area (Å²) in [5.74, 6) is 3.32. The Morgan fingerprint density at radius 3 is 2.80 bits per heavy atom. The van der Waals surface area contributed by atoms with Crippen molar-refractivity contribution in [3.63, 3.8) is 0 Å². The Bertz CT molecular complexity index is 803. The number of ether oxygens (including phenoxy) is 1. The van der Waals surface area contributed by atoms with E-state index >= 15 is 0 Å². The lowest BCUT2D eigenvalue weighted by atomic mass is 10.2. The molecule has 0 amide bonds. The molecular formula is C18H22N4O2S. The number of aromatic nitrogens is 2. The highest BCUT2D eigenvalue weighted by Crippen LogP contribution is 2.35. The summed E-state index contributed by atoms with van der Waals surface area (Å²) in [6, 6.07) is 0. The number of anilines is 1. The quantitative estimate of drug-likeness (QED) is 0.604. The first-order valence-electron chi connectivity index (χ1n) is 8.47. The molecule has 0 bridgehead atoms. The average molecular weight is 358 g/mol. The number of carbonyl (C=O) groups is 1. The van der Waals surface area contributed by atoms with Gasteiger partial charge in [-0.15, -0.1) is 23.7 Å². The van der Waals surface area contributed by atoms with Crippen molar-refractivity contribution in [3.05, 3.63) is 16.8 Å². The number of nitrogens with zero attached hydrogens (tertiary/aromatic N) is 4. The molecule has 3 heterocycles. The van der Waals surface area contributed by atoms with Crippen LogP contribution in [-0.4, -0.2) is 60.2 Å². The molecule has 7 heteroatoms. The van der Waals surface area contributed by atoms with Gasteiger partial charge in [-0.25, -0.2) is 14.8 Å². The number of terminal acetylenes is 1. The lowest BCUT2D eigenvalue weighted by Crippen LogP contribution is -2.47. The molecule has 0 radical (unpaired) electrons. The second kappa shape index (κ2) is 7.81. The molecular weight excluding hydrogens is 336 g/mol. The Morgan fingerprint density at radius 2 is 2.12 bits per heavy atom. The van der Waals surface area contributed by atoms with E-state index in [-0.39, 0.29) is 5.97 Å². The second-order valence-corrected chi connectivity index (χ2v) is 6.94. The van der Waals surface area contributed by atoms with E-state index in [0.29, 0.717) is 11.5 Å². The van der Waals surface area contributed by atoms with Crippen molar-refractivity contribution in [2.24, 2.45) is 0 Å². The first-order valence-corrected chi connectivity index (χ1v) is 9.29. The van der Waals surface area contributed by atoms with Gasteiger partial charge in [0, 0.05) is 39.1 Å². The average Bonchev–Trinajstić information content (AvgIpc) is 2.98. The van der Waals surface area contributed by atoms with Crippen LogP contribution in [0, 0.1) is 19.3 Å². The lowest BCUT2D eigenvalue weighted by molar-refractivity contribution is 0.0531. The number of carbonyl (C=O) groups excluding carboxylic acids is 1. The van der Waals surface area contributed by atoms with Gasteiger partial charge in [0.15, 0.2) is 0 Å². The van der Waals surface area contributed by atoms with E-state index in [9.17, 15) is 4.79 Å². The highest BCUT2D eigenvalue weighted by atomic mass is 32.1. The first-order chi connectivity index (χ1) is 12.2. The van der Waals surface area contributed by atoms with Crippen molar-refractivity contribution < 1.29 is 9.53 Å². The van der Waals surface area contributed by atoms with Gasteiger partial charge >= 0.3 is 5.97 Å². The normalized spacial score (nSPS) is 15.3. The van der Waals surface area contributed by atoms with E-state index in [1.54, 1.807) is 6.33 Å². The number of rotatable bonds is 5. The Morgan fingerprint density at radius 1 is 1.36 bits per heavy atom. The molecule has 2 aromatic heterocycles. The molecule has 0 saturated carbocycles. The maximum atomic E-state index is 12.2. The predicted molar refractivity (Wildman–Crippen MR) is 100 cm³/mol. The summed E-state index contributed by atoms with van der Waals surface area (Å²) in [4.78, 5) is 27.1. The van der Waals surface area contributed by atoms with Crippen molar-refractivity contribution in [2.75, 3.05) is 44.2 Å². The summed E-state index contributed by atoms with van der Waals surface area (Å²) < 4.78 is 5.16. The first kappa shape index (κ1) is 17.6. The van der Waals surface area contributed by atoms with Crippen LogP contribution in [0.15, 0.2) is 6.33 Å². The van der Waals surface area contributed by atoms with E-state index in [1.807, 2.05) is 13.8 Å². The maximum absolute atomic E-state index is 12.2. The zero-order valence-corrected chi connectivity index (χ0v) is 15.4. The van der Waals surface area contributed by atoms with Crippen LogP contribution in [0.2, 0.25) is 0 Å². The number of aryl methyl sites for hydroxylation is 1. The minimum absolute atomic E-state index is 0.284. The van der Waals surface area contributed by atoms with Gasteiger partial charge in [0.25, 0.3) is 0 Å². The van der Waals surface area contributed by atoms with Gasteiger partial charge in [-0.05, 0) is 19.4 Å². The van der Waals surface area contributed by atoms with Crippen LogP contribution >= 0.6 is 11.3 Å². The summed E-state index contributed by atoms with van der Waals surface area (Å²) in [6.07, 6.45) is 7.71. The van der Waals surface area contributed by atoms with Crippen LogP contribution in [-0.2, 0) is 4.74 Å². The molecule has 0 spiro atoms. The molecule has 6 nitrogen and oxygen atoms in total. The third-order valence-corrected chi connectivity index (χ3v) is 5.59. The minimum Gasteiger partial charge on any atom is -0.462 e. The van der Waals surface area contributed by atoms with E-state index in [2.05, 4.69) is 25.7 Å². The molecule has 0 aliphatic carbocycles. The van der Waals surface area contributed by atoms with Crippen LogP contribution in [0.1, 0.15) is 28.6 Å². The number of piperazine rings is 1. The van der Waals surface area contributed by atoms with Crippen molar-refractivity contribution in [1.29, 1.82) is 0 Å². The molecule has 1 saturated heterocycles. The monoisotopic (exact) mass is 358 g/mol. The van der Waals surface area contributed by atoms with E-state index in [4.69, 9.17) is 11.2 Å². The Labute approximate surface area is 151 Å². The fraction of sp³-hybridized carbons (Fsp3) is 0.500. The molecule has 0 unspecified atom stereocenters. The smallest absolute Gasteiger partial charge is 0.348 e. The summed E-state index contributed by atoms with van der Waals surface area (Å²) >= 11 is 1.38. The van der Waals surface area contributed by atoms with Gasteiger partial charge in [0.05, 0.1) is 12.0 Å². The fourth-order valence-electron chi connectivity index (χ4n) is 3.09. The number of hydrogen-bond donors (Lipinski definition) is 0. The Kier molecular flexibility index (Phi) is 5.51. The van der Waals surface area contributed by atoms with Crippen LogP contribution < -0.4 is 4.90 Å². The lowest BCUT2D eigenvalue weighted by Gasteiger charge is -2.35. The number of thiophene rings is 1. The van der Waals surface area contributed by atoms with E-state index < -0.39 is 0 Å². The van der Waals surface area contributed by atoms with Gasteiger partial charge in [0.1, 0.15) is 21.9 Å². The molecule has 0 aromatic carbocycles. The molecule has 3 rings (SSSR count). The molecule has 1 fully saturated rings. The van der Waals surface area contributed by atoms with Crippen LogP contribution in [0.25, 0.3) is 10.2 Å². The molecule has 1 aliphatic heterocycles. The number of hydrogen-bond acceptors (Lipinski definition) is 7. The molecule has 0 N–H and O–H groups in total. The third kappa shape index (κ3) is 3.60. The summed E-state index contributed by atoms with van der Waals surface area (Å²) in [5, 5.41) is 0.965. The Balaban J connectivity index is 1.85. The zero-order valence-electron chi connectivity index (χ0n) is 14.6. The van der Waals surface area contributed by atoms with E-state index in [1.165, 1.54) is 11.3 Å². The zero-order chi connectivity index (χ0) is 17.8. The predicted octanol–water partition coefficient (Wildman–Crippen LogP) is 2.32. The second-order valence-electron chi connectivity index (χ2n) is 5.94. The van der Waals surface area contributed by atoms with Gasteiger partial charge in [-0.3, -0.25) is 4.90 Å². The van der Waals surface area contributed by atoms with Gasteiger partial charge in [-0.2, -0.15) is 0 Å². The van der Waals surface area contributed by atoms with Gasteiger partial charge < -0.3 is 9.64 Å². The summed E-state index contributed by atoms with van der Waals surface area (Å²) in [5.41, 5.74) is 0.906.